The second-order valence-electron chi connectivity index (χ2n) is 6.43. The first-order valence-corrected chi connectivity index (χ1v) is 10.6. The lowest BCUT2D eigenvalue weighted by molar-refractivity contribution is -0.148. The van der Waals surface area contributed by atoms with Gasteiger partial charge in [0.05, 0.1) is 30.8 Å². The van der Waals surface area contributed by atoms with E-state index in [9.17, 15) is 18.0 Å². The molecule has 2 aromatic rings. The largest absolute Gasteiger partial charge is 0.475 e. The number of anilines is 2. The predicted molar refractivity (Wildman–Crippen MR) is 109 cm³/mol. The van der Waals surface area contributed by atoms with E-state index in [4.69, 9.17) is 9.47 Å². The van der Waals surface area contributed by atoms with Gasteiger partial charge in [-0.25, -0.2) is 13.2 Å². The summed E-state index contributed by atoms with van der Waals surface area (Å²) in [4.78, 5) is 26.6. The number of carbonyl (C=O) groups is 2. The third-order valence-electron chi connectivity index (χ3n) is 4.74. The monoisotopic (exact) mass is 418 g/mol. The van der Waals surface area contributed by atoms with Gasteiger partial charge in [0.2, 0.25) is 16.1 Å². The molecule has 0 spiro atoms. The standard InChI is InChI=1S/C20H22N2O6S/c1-4-29(25,26)21(2)15-11-9-14(10-12-15)19(23)22-13-18(20(24)27-3)28-17-8-6-5-7-16(17)22/h5-12,18H,4,13H2,1-3H3/t18-/m1/s1. The topological polar surface area (TPSA) is 93.2 Å². The number of amides is 1. The molecule has 3 rings (SSSR count). The third-order valence-corrected chi connectivity index (χ3v) is 6.52. The zero-order valence-electron chi connectivity index (χ0n) is 16.4. The molecule has 2 aromatic carbocycles. The molecule has 0 N–H and O–H groups in total. The maximum absolute atomic E-state index is 13.1. The minimum absolute atomic E-state index is 0.00832. The van der Waals surface area contributed by atoms with Crippen LogP contribution in [0.25, 0.3) is 0 Å². The van der Waals surface area contributed by atoms with Crippen molar-refractivity contribution >= 4 is 33.3 Å². The zero-order chi connectivity index (χ0) is 21.2. The van der Waals surface area contributed by atoms with Crippen molar-refractivity contribution in [1.82, 2.24) is 0 Å². The number of fused-ring (bicyclic) bond motifs is 1. The van der Waals surface area contributed by atoms with E-state index in [1.807, 2.05) is 0 Å². The summed E-state index contributed by atoms with van der Waals surface area (Å²) in [6.07, 6.45) is -0.932. The van der Waals surface area contributed by atoms with E-state index < -0.39 is 22.1 Å². The van der Waals surface area contributed by atoms with Gasteiger partial charge in [0.25, 0.3) is 5.91 Å². The summed E-state index contributed by atoms with van der Waals surface area (Å²) in [6.45, 7) is 1.58. The van der Waals surface area contributed by atoms with Crippen LogP contribution < -0.4 is 13.9 Å². The molecule has 9 heteroatoms. The molecular weight excluding hydrogens is 396 g/mol. The Balaban J connectivity index is 1.90. The van der Waals surface area contributed by atoms with Crippen molar-refractivity contribution in [3.05, 3.63) is 54.1 Å². The van der Waals surface area contributed by atoms with Crippen molar-refractivity contribution in [1.29, 1.82) is 0 Å². The highest BCUT2D eigenvalue weighted by molar-refractivity contribution is 7.92. The average Bonchev–Trinajstić information content (AvgIpc) is 2.76. The maximum Gasteiger partial charge on any atom is 0.348 e. The Morgan fingerprint density at radius 1 is 1.17 bits per heavy atom. The molecule has 0 radical (unpaired) electrons. The summed E-state index contributed by atoms with van der Waals surface area (Å²) in [5, 5.41) is 0. The second-order valence-corrected chi connectivity index (χ2v) is 8.72. The number of hydrogen-bond donors (Lipinski definition) is 0. The Labute approximate surface area is 169 Å². The van der Waals surface area contributed by atoms with Gasteiger partial charge in [-0.1, -0.05) is 12.1 Å². The molecule has 29 heavy (non-hydrogen) atoms. The van der Waals surface area contributed by atoms with Crippen molar-refractivity contribution in [2.75, 3.05) is 35.7 Å². The molecule has 1 atom stereocenters. The fourth-order valence-corrected chi connectivity index (χ4v) is 3.84. The molecular formula is C20H22N2O6S. The number of benzene rings is 2. The molecule has 1 aliphatic heterocycles. The van der Waals surface area contributed by atoms with Crippen LogP contribution in [0.5, 0.6) is 5.75 Å². The van der Waals surface area contributed by atoms with Crippen molar-refractivity contribution in [2.24, 2.45) is 0 Å². The number of nitrogens with zero attached hydrogens (tertiary/aromatic N) is 2. The highest BCUT2D eigenvalue weighted by atomic mass is 32.2. The van der Waals surface area contributed by atoms with Crippen molar-refractivity contribution < 1.29 is 27.5 Å². The Kier molecular flexibility index (Phi) is 5.78. The first-order chi connectivity index (χ1) is 13.8. The summed E-state index contributed by atoms with van der Waals surface area (Å²) in [5.41, 5.74) is 1.36. The molecule has 154 valence electrons. The van der Waals surface area contributed by atoms with Crippen LogP contribution in [0.15, 0.2) is 48.5 Å². The normalized spacial score (nSPS) is 15.8. The summed E-state index contributed by atoms with van der Waals surface area (Å²) in [6, 6.07) is 13.2. The van der Waals surface area contributed by atoms with Crippen molar-refractivity contribution in [2.45, 2.75) is 13.0 Å². The number of esters is 1. The molecule has 0 bridgehead atoms. The Morgan fingerprint density at radius 3 is 2.45 bits per heavy atom. The highest BCUT2D eigenvalue weighted by Crippen LogP contribution is 2.34. The van der Waals surface area contributed by atoms with Gasteiger partial charge in [0, 0.05) is 12.6 Å². The fourth-order valence-electron chi connectivity index (χ4n) is 3.00. The van der Waals surface area contributed by atoms with Gasteiger partial charge in [-0.2, -0.15) is 0 Å². The minimum Gasteiger partial charge on any atom is -0.475 e. The SMILES string of the molecule is CCS(=O)(=O)N(C)c1ccc(C(=O)N2C[C@H](C(=O)OC)Oc3ccccc32)cc1. The number of para-hydroxylation sites is 2. The van der Waals surface area contributed by atoms with Gasteiger partial charge < -0.3 is 14.4 Å². The first-order valence-electron chi connectivity index (χ1n) is 9.00. The molecule has 1 heterocycles. The van der Waals surface area contributed by atoms with Crippen LogP contribution in [0, 0.1) is 0 Å². The number of ether oxygens (including phenoxy) is 2. The van der Waals surface area contributed by atoms with Gasteiger partial charge in [-0.05, 0) is 43.3 Å². The molecule has 0 unspecified atom stereocenters. The average molecular weight is 418 g/mol. The van der Waals surface area contributed by atoms with Gasteiger partial charge in [-0.3, -0.25) is 9.10 Å². The zero-order valence-corrected chi connectivity index (χ0v) is 17.2. The van der Waals surface area contributed by atoms with Gasteiger partial charge in [0.15, 0.2) is 0 Å². The minimum atomic E-state index is -3.39. The Hall–Kier alpha value is -3.07. The number of carbonyl (C=O) groups excluding carboxylic acids is 2. The van der Waals surface area contributed by atoms with Crippen LogP contribution in [-0.2, 0) is 19.6 Å². The molecule has 0 saturated carbocycles. The quantitative estimate of drug-likeness (QED) is 0.690. The summed E-state index contributed by atoms with van der Waals surface area (Å²) >= 11 is 0. The van der Waals surface area contributed by atoms with Crippen LogP contribution in [0.4, 0.5) is 11.4 Å². The third kappa shape index (κ3) is 4.04. The molecule has 0 saturated heterocycles. The van der Waals surface area contributed by atoms with E-state index in [1.54, 1.807) is 55.5 Å². The molecule has 1 aliphatic rings. The van der Waals surface area contributed by atoms with E-state index in [0.717, 1.165) is 0 Å². The summed E-state index contributed by atoms with van der Waals surface area (Å²) in [5.74, 6) is -0.516. The maximum atomic E-state index is 13.1. The van der Waals surface area contributed by atoms with Gasteiger partial charge >= 0.3 is 5.97 Å². The number of sulfonamides is 1. The van der Waals surface area contributed by atoms with Crippen LogP contribution in [0.3, 0.4) is 0 Å². The lowest BCUT2D eigenvalue weighted by Gasteiger charge is -2.33. The Morgan fingerprint density at radius 2 is 1.83 bits per heavy atom. The second kappa shape index (κ2) is 8.12. The fraction of sp³-hybridized carbons (Fsp3) is 0.300. The molecule has 8 nitrogen and oxygen atoms in total. The smallest absolute Gasteiger partial charge is 0.348 e. The first kappa shape index (κ1) is 20.7. The van der Waals surface area contributed by atoms with Crippen molar-refractivity contribution in [3.8, 4) is 5.75 Å². The van der Waals surface area contributed by atoms with Crippen LogP contribution in [0.1, 0.15) is 17.3 Å². The molecule has 1 amide bonds. The van der Waals surface area contributed by atoms with Gasteiger partial charge in [0.1, 0.15) is 5.75 Å². The summed E-state index contributed by atoms with van der Waals surface area (Å²) < 4.78 is 35.6. The van der Waals surface area contributed by atoms with Crippen molar-refractivity contribution in [3.63, 3.8) is 0 Å². The molecule has 0 aliphatic carbocycles. The van der Waals surface area contributed by atoms with E-state index in [0.29, 0.717) is 22.7 Å². The van der Waals surface area contributed by atoms with E-state index in [1.165, 1.54) is 23.4 Å². The summed E-state index contributed by atoms with van der Waals surface area (Å²) in [7, 11) is -0.666. The molecule has 0 fully saturated rings. The number of rotatable bonds is 5. The lowest BCUT2D eigenvalue weighted by Crippen LogP contribution is -2.47. The predicted octanol–water partition coefficient (Wildman–Crippen LogP) is 2.05. The number of methoxy groups -OCH3 is 1. The number of hydrogen-bond acceptors (Lipinski definition) is 6. The van der Waals surface area contributed by atoms with E-state index >= 15 is 0 Å². The van der Waals surface area contributed by atoms with Crippen LogP contribution >= 0.6 is 0 Å². The lowest BCUT2D eigenvalue weighted by atomic mass is 10.1. The van der Waals surface area contributed by atoms with E-state index in [-0.39, 0.29) is 18.2 Å². The van der Waals surface area contributed by atoms with Gasteiger partial charge in [-0.15, -0.1) is 0 Å². The van der Waals surface area contributed by atoms with E-state index in [2.05, 4.69) is 0 Å². The highest BCUT2D eigenvalue weighted by Gasteiger charge is 2.34. The van der Waals surface area contributed by atoms with Crippen LogP contribution in [0.2, 0.25) is 0 Å². The molecule has 0 aromatic heterocycles. The van der Waals surface area contributed by atoms with Crippen LogP contribution in [-0.4, -0.2) is 52.9 Å². The Bertz CT molecular complexity index is 1020.